The Hall–Kier alpha value is -2.26. The van der Waals surface area contributed by atoms with Gasteiger partial charge in [0.1, 0.15) is 0 Å². The van der Waals surface area contributed by atoms with Crippen molar-refractivity contribution in [2.75, 3.05) is 25.1 Å². The number of nitrogens with one attached hydrogen (secondary N) is 1. The lowest BCUT2D eigenvalue weighted by Crippen LogP contribution is -2.47. The first-order valence-corrected chi connectivity index (χ1v) is 5.89. The number of aromatic amines is 1. The molecule has 1 atom stereocenters. The van der Waals surface area contributed by atoms with Crippen molar-refractivity contribution in [2.45, 2.75) is 12.6 Å². The number of methoxy groups -OCH3 is 1. The molecule has 1 aromatic rings. The zero-order valence-corrected chi connectivity index (χ0v) is 10.9. The van der Waals surface area contributed by atoms with E-state index < -0.39 is 36.1 Å². The third-order valence-electron chi connectivity index (χ3n) is 3.52. The van der Waals surface area contributed by atoms with E-state index in [9.17, 15) is 22.8 Å². The zero-order valence-electron chi connectivity index (χ0n) is 10.9. The van der Waals surface area contributed by atoms with E-state index >= 15 is 0 Å². The van der Waals surface area contributed by atoms with Crippen LogP contribution in [0, 0.1) is 5.41 Å². The van der Waals surface area contributed by atoms with Gasteiger partial charge in [-0.05, 0) is 6.42 Å². The highest BCUT2D eigenvalue weighted by atomic mass is 19.4. The lowest BCUT2D eigenvalue weighted by Gasteiger charge is -2.27. The maximum absolute atomic E-state index is 13.1. The number of alkyl halides is 3. The van der Waals surface area contributed by atoms with Crippen molar-refractivity contribution in [3.8, 4) is 5.75 Å². The number of carboxylic acid groups (broad SMARTS) is 1. The monoisotopic (exact) mass is 307 g/mol. The fourth-order valence-electron chi connectivity index (χ4n) is 2.30. The molecule has 1 aliphatic rings. The SMILES string of the molecule is COc1c(N2CCC(C(=O)O)(C(F)(F)F)C2)nc[nH]c1=O. The number of rotatable bonds is 3. The molecule has 2 rings (SSSR count). The number of halogens is 3. The first-order valence-electron chi connectivity index (χ1n) is 5.89. The molecule has 2 N–H and O–H groups in total. The van der Waals surface area contributed by atoms with Gasteiger partial charge in [0, 0.05) is 13.1 Å². The molecule has 1 saturated heterocycles. The van der Waals surface area contributed by atoms with Crippen LogP contribution in [0.3, 0.4) is 0 Å². The van der Waals surface area contributed by atoms with Crippen LogP contribution < -0.4 is 15.2 Å². The minimum Gasteiger partial charge on any atom is -0.489 e. The summed E-state index contributed by atoms with van der Waals surface area (Å²) in [6.45, 7) is -1.02. The molecule has 21 heavy (non-hydrogen) atoms. The van der Waals surface area contributed by atoms with Gasteiger partial charge in [-0.2, -0.15) is 13.2 Å². The molecule has 0 amide bonds. The Kier molecular flexibility index (Phi) is 3.56. The molecule has 0 aromatic carbocycles. The van der Waals surface area contributed by atoms with E-state index in [4.69, 9.17) is 9.84 Å². The van der Waals surface area contributed by atoms with Gasteiger partial charge >= 0.3 is 12.1 Å². The molecule has 0 bridgehead atoms. The summed E-state index contributed by atoms with van der Waals surface area (Å²) >= 11 is 0. The second-order valence-corrected chi connectivity index (χ2v) is 4.65. The maximum atomic E-state index is 13.1. The molecular weight excluding hydrogens is 295 g/mol. The summed E-state index contributed by atoms with van der Waals surface area (Å²) in [5.74, 6) is -2.30. The van der Waals surface area contributed by atoms with Crippen LogP contribution in [0.5, 0.6) is 5.75 Å². The number of nitrogens with zero attached hydrogens (tertiary/aromatic N) is 2. The minimum absolute atomic E-state index is 0.103. The van der Waals surface area contributed by atoms with Crippen LogP contribution >= 0.6 is 0 Å². The third-order valence-corrected chi connectivity index (χ3v) is 3.52. The molecule has 1 aliphatic heterocycles. The number of ether oxygens (including phenoxy) is 1. The van der Waals surface area contributed by atoms with Crippen molar-refractivity contribution < 1.29 is 27.8 Å². The molecule has 1 fully saturated rings. The standard InChI is InChI=1S/C11H12F3N3O4/c1-21-6-7(15-5-16-8(6)18)17-3-2-10(4-17,9(19)20)11(12,13)14/h5H,2-4H2,1H3,(H,19,20)(H,15,16,18). The Morgan fingerprint density at radius 2 is 2.24 bits per heavy atom. The van der Waals surface area contributed by atoms with E-state index in [2.05, 4.69) is 9.97 Å². The molecule has 2 heterocycles. The fourth-order valence-corrected chi connectivity index (χ4v) is 2.30. The molecule has 0 radical (unpaired) electrons. The smallest absolute Gasteiger partial charge is 0.406 e. The first-order chi connectivity index (χ1) is 9.73. The van der Waals surface area contributed by atoms with Gasteiger partial charge in [0.2, 0.25) is 5.75 Å². The lowest BCUT2D eigenvalue weighted by molar-refractivity contribution is -0.225. The fraction of sp³-hybridized carbons (Fsp3) is 0.545. The first kappa shape index (κ1) is 15.1. The lowest BCUT2D eigenvalue weighted by atomic mass is 9.86. The highest BCUT2D eigenvalue weighted by molar-refractivity contribution is 5.78. The molecule has 0 aliphatic carbocycles. The summed E-state index contributed by atoms with van der Waals surface area (Å²) in [7, 11) is 1.18. The highest BCUT2D eigenvalue weighted by Gasteiger charge is 2.64. The van der Waals surface area contributed by atoms with Gasteiger partial charge in [-0.3, -0.25) is 9.59 Å². The van der Waals surface area contributed by atoms with Crippen LogP contribution in [0.25, 0.3) is 0 Å². The van der Waals surface area contributed by atoms with Gasteiger partial charge in [-0.15, -0.1) is 0 Å². The quantitative estimate of drug-likeness (QED) is 0.850. The molecular formula is C11H12F3N3O4. The van der Waals surface area contributed by atoms with Crippen molar-refractivity contribution in [3.63, 3.8) is 0 Å². The van der Waals surface area contributed by atoms with E-state index in [1.54, 1.807) is 0 Å². The Morgan fingerprint density at radius 1 is 1.57 bits per heavy atom. The second-order valence-electron chi connectivity index (χ2n) is 4.65. The van der Waals surface area contributed by atoms with Crippen molar-refractivity contribution in [2.24, 2.45) is 5.41 Å². The van der Waals surface area contributed by atoms with Crippen molar-refractivity contribution in [1.82, 2.24) is 9.97 Å². The summed E-state index contributed by atoms with van der Waals surface area (Å²) in [6.07, 6.45) is -4.50. The van der Waals surface area contributed by atoms with E-state index in [1.165, 1.54) is 7.11 Å². The molecule has 7 nitrogen and oxygen atoms in total. The number of aliphatic carboxylic acids is 1. The number of carboxylic acids is 1. The molecule has 10 heteroatoms. The predicted molar refractivity (Wildman–Crippen MR) is 64.4 cm³/mol. The van der Waals surface area contributed by atoms with Gasteiger partial charge in [-0.1, -0.05) is 0 Å². The van der Waals surface area contributed by atoms with Gasteiger partial charge in [-0.25, -0.2) is 4.98 Å². The average molecular weight is 307 g/mol. The third kappa shape index (κ3) is 2.30. The molecule has 0 spiro atoms. The average Bonchev–Trinajstić information content (AvgIpc) is 2.84. The molecule has 1 aromatic heterocycles. The van der Waals surface area contributed by atoms with E-state index in [0.717, 1.165) is 11.2 Å². The maximum Gasteiger partial charge on any atom is 0.406 e. The number of hydrogen-bond donors (Lipinski definition) is 2. The van der Waals surface area contributed by atoms with Crippen LogP contribution in [-0.2, 0) is 4.79 Å². The van der Waals surface area contributed by atoms with E-state index in [1.807, 2.05) is 0 Å². The Labute approximate surface area is 116 Å². The van der Waals surface area contributed by atoms with Crippen LogP contribution in [0.4, 0.5) is 19.0 Å². The summed E-state index contributed by atoms with van der Waals surface area (Å²) in [5, 5.41) is 8.98. The van der Waals surface area contributed by atoms with Gasteiger partial charge in [0.05, 0.1) is 13.4 Å². The number of aromatic nitrogens is 2. The minimum atomic E-state index is -4.90. The number of carbonyl (C=O) groups is 1. The molecule has 116 valence electrons. The second kappa shape index (κ2) is 4.93. The van der Waals surface area contributed by atoms with Crippen LogP contribution in [0.15, 0.2) is 11.1 Å². The molecule has 0 saturated carbocycles. The van der Waals surface area contributed by atoms with Crippen molar-refractivity contribution >= 4 is 11.8 Å². The summed E-state index contributed by atoms with van der Waals surface area (Å²) in [6, 6.07) is 0. The molecule has 1 unspecified atom stereocenters. The van der Waals surface area contributed by atoms with Crippen LogP contribution in [0.2, 0.25) is 0 Å². The largest absolute Gasteiger partial charge is 0.489 e. The Balaban J connectivity index is 2.41. The Morgan fingerprint density at radius 3 is 2.71 bits per heavy atom. The Bertz CT molecular complexity index is 615. The van der Waals surface area contributed by atoms with E-state index in [-0.39, 0.29) is 18.1 Å². The number of H-pyrrole nitrogens is 1. The number of anilines is 1. The predicted octanol–water partition coefficient (Wildman–Crippen LogP) is 0.622. The summed E-state index contributed by atoms with van der Waals surface area (Å²) in [4.78, 5) is 29.7. The van der Waals surface area contributed by atoms with Crippen molar-refractivity contribution in [1.29, 1.82) is 0 Å². The summed E-state index contributed by atoms with van der Waals surface area (Å²) in [5.41, 5.74) is -3.52. The van der Waals surface area contributed by atoms with Gasteiger partial charge in [0.25, 0.3) is 5.56 Å². The van der Waals surface area contributed by atoms with E-state index in [0.29, 0.717) is 0 Å². The normalized spacial score (nSPS) is 22.4. The zero-order chi connectivity index (χ0) is 15.8. The summed E-state index contributed by atoms with van der Waals surface area (Å²) < 4.78 is 44.1. The highest BCUT2D eigenvalue weighted by Crippen LogP contribution is 2.47. The van der Waals surface area contributed by atoms with Crippen molar-refractivity contribution in [3.05, 3.63) is 16.7 Å². The topological polar surface area (TPSA) is 95.5 Å². The van der Waals surface area contributed by atoms with Crippen LogP contribution in [-0.4, -0.2) is 47.4 Å². The van der Waals surface area contributed by atoms with Gasteiger partial charge < -0.3 is 19.7 Å². The van der Waals surface area contributed by atoms with Gasteiger partial charge in [0.15, 0.2) is 11.2 Å². The van der Waals surface area contributed by atoms with Crippen LogP contribution in [0.1, 0.15) is 6.42 Å². The number of hydrogen-bond acceptors (Lipinski definition) is 5.